The van der Waals surface area contributed by atoms with Gasteiger partial charge in [-0.05, 0) is 30.7 Å². The van der Waals surface area contributed by atoms with Gasteiger partial charge in [-0.1, -0.05) is 0 Å². The third-order valence-corrected chi connectivity index (χ3v) is 1.87. The van der Waals surface area contributed by atoms with E-state index in [4.69, 9.17) is 5.84 Å². The fourth-order valence-corrected chi connectivity index (χ4v) is 1.11. The molecule has 1 aromatic carbocycles. The molecular formula is C9H13N3O. The molecule has 70 valence electrons. The molecule has 0 saturated heterocycles. The van der Waals surface area contributed by atoms with Gasteiger partial charge in [0.15, 0.2) is 0 Å². The zero-order chi connectivity index (χ0) is 9.84. The molecule has 0 spiro atoms. The summed E-state index contributed by atoms with van der Waals surface area (Å²) in [6, 6.07) is 5.29. The molecule has 0 bridgehead atoms. The first-order valence-electron chi connectivity index (χ1n) is 3.98. The highest BCUT2D eigenvalue weighted by Crippen LogP contribution is 2.14. The zero-order valence-corrected chi connectivity index (χ0v) is 7.72. The van der Waals surface area contributed by atoms with Crippen LogP contribution in [0.15, 0.2) is 18.2 Å². The van der Waals surface area contributed by atoms with Crippen LogP contribution >= 0.6 is 0 Å². The molecule has 0 radical (unpaired) electrons. The van der Waals surface area contributed by atoms with E-state index in [1.54, 1.807) is 25.2 Å². The van der Waals surface area contributed by atoms with Crippen LogP contribution in [0.3, 0.4) is 0 Å². The highest BCUT2D eigenvalue weighted by atomic mass is 16.1. The topological polar surface area (TPSA) is 67.2 Å². The Kier molecular flexibility index (Phi) is 2.87. The molecule has 1 amide bonds. The summed E-state index contributed by atoms with van der Waals surface area (Å²) in [5, 5.41) is 2.56. The third kappa shape index (κ3) is 1.97. The van der Waals surface area contributed by atoms with Crippen molar-refractivity contribution < 1.29 is 4.79 Å². The number of nitrogen functional groups attached to an aromatic ring is 1. The number of anilines is 1. The Balaban J connectivity index is 3.02. The van der Waals surface area contributed by atoms with E-state index in [1.807, 2.05) is 6.92 Å². The van der Waals surface area contributed by atoms with E-state index in [0.717, 1.165) is 11.3 Å². The maximum atomic E-state index is 11.2. The fraction of sp³-hybridized carbons (Fsp3) is 0.222. The largest absolute Gasteiger partial charge is 0.355 e. The van der Waals surface area contributed by atoms with Gasteiger partial charge in [0, 0.05) is 12.6 Å². The molecule has 0 aliphatic carbocycles. The Bertz CT molecular complexity index is 323. The van der Waals surface area contributed by atoms with Crippen molar-refractivity contribution in [2.75, 3.05) is 12.5 Å². The van der Waals surface area contributed by atoms with Gasteiger partial charge in [0.2, 0.25) is 0 Å². The zero-order valence-electron chi connectivity index (χ0n) is 7.72. The Morgan fingerprint density at radius 2 is 2.15 bits per heavy atom. The van der Waals surface area contributed by atoms with Gasteiger partial charge in [-0.25, -0.2) is 0 Å². The molecule has 0 heterocycles. The third-order valence-electron chi connectivity index (χ3n) is 1.87. The number of benzene rings is 1. The lowest BCUT2D eigenvalue weighted by Gasteiger charge is -2.06. The predicted octanol–water partition coefficient (Wildman–Crippen LogP) is 0.640. The van der Waals surface area contributed by atoms with E-state index < -0.39 is 0 Å². The lowest BCUT2D eigenvalue weighted by atomic mass is 10.1. The summed E-state index contributed by atoms with van der Waals surface area (Å²) in [4.78, 5) is 11.2. The number of aryl methyl sites for hydroxylation is 1. The number of hydrogen-bond acceptors (Lipinski definition) is 3. The van der Waals surface area contributed by atoms with E-state index >= 15 is 0 Å². The lowest BCUT2D eigenvalue weighted by Crippen LogP contribution is -2.18. The van der Waals surface area contributed by atoms with Gasteiger partial charge in [0.05, 0.1) is 5.69 Å². The Labute approximate surface area is 77.1 Å². The van der Waals surface area contributed by atoms with Gasteiger partial charge in [0.25, 0.3) is 5.91 Å². The predicted molar refractivity (Wildman–Crippen MR) is 52.4 cm³/mol. The second-order valence-electron chi connectivity index (χ2n) is 2.75. The van der Waals surface area contributed by atoms with Crippen LogP contribution < -0.4 is 16.6 Å². The Hall–Kier alpha value is -1.55. The number of amides is 1. The van der Waals surface area contributed by atoms with E-state index in [2.05, 4.69) is 10.7 Å². The number of rotatable bonds is 2. The molecule has 13 heavy (non-hydrogen) atoms. The standard InChI is InChI=1S/C9H13N3O/c1-6-5-7(9(13)11-2)3-4-8(6)12-10/h3-5,12H,10H2,1-2H3,(H,11,13). The van der Waals surface area contributed by atoms with Crippen molar-refractivity contribution in [1.82, 2.24) is 5.32 Å². The van der Waals surface area contributed by atoms with Crippen LogP contribution in [0.5, 0.6) is 0 Å². The minimum Gasteiger partial charge on any atom is -0.355 e. The SMILES string of the molecule is CNC(=O)c1ccc(NN)c(C)c1. The van der Waals surface area contributed by atoms with E-state index in [9.17, 15) is 4.79 Å². The van der Waals surface area contributed by atoms with E-state index in [1.165, 1.54) is 0 Å². The Morgan fingerprint density at radius 3 is 2.62 bits per heavy atom. The molecule has 4 N–H and O–H groups in total. The highest BCUT2D eigenvalue weighted by molar-refractivity contribution is 5.94. The fourth-order valence-electron chi connectivity index (χ4n) is 1.11. The Morgan fingerprint density at radius 1 is 1.46 bits per heavy atom. The molecular weight excluding hydrogens is 166 g/mol. The van der Waals surface area contributed by atoms with Crippen molar-refractivity contribution in [3.05, 3.63) is 29.3 Å². The average molecular weight is 179 g/mol. The number of hydrogen-bond donors (Lipinski definition) is 3. The molecule has 0 aliphatic rings. The van der Waals surface area contributed by atoms with Gasteiger partial charge >= 0.3 is 0 Å². The summed E-state index contributed by atoms with van der Waals surface area (Å²) < 4.78 is 0. The second kappa shape index (κ2) is 3.91. The minimum atomic E-state index is -0.0910. The molecule has 0 fully saturated rings. The van der Waals surface area contributed by atoms with Crippen molar-refractivity contribution in [3.63, 3.8) is 0 Å². The summed E-state index contributed by atoms with van der Waals surface area (Å²) in [5.41, 5.74) is 4.96. The van der Waals surface area contributed by atoms with Crippen LogP contribution in [0.1, 0.15) is 15.9 Å². The summed E-state index contributed by atoms with van der Waals surface area (Å²) in [5.74, 6) is 5.17. The lowest BCUT2D eigenvalue weighted by molar-refractivity contribution is 0.0963. The van der Waals surface area contributed by atoms with Crippen LogP contribution in [-0.2, 0) is 0 Å². The molecule has 0 aliphatic heterocycles. The van der Waals surface area contributed by atoms with Crippen molar-refractivity contribution in [2.24, 2.45) is 5.84 Å². The molecule has 0 atom stereocenters. The highest BCUT2D eigenvalue weighted by Gasteiger charge is 2.04. The molecule has 4 heteroatoms. The monoisotopic (exact) mass is 179 g/mol. The summed E-state index contributed by atoms with van der Waals surface area (Å²) in [7, 11) is 1.60. The smallest absolute Gasteiger partial charge is 0.251 e. The van der Waals surface area contributed by atoms with Gasteiger partial charge in [0.1, 0.15) is 0 Å². The normalized spacial score (nSPS) is 9.46. The number of carbonyl (C=O) groups is 1. The first kappa shape index (κ1) is 9.54. The van der Waals surface area contributed by atoms with E-state index in [0.29, 0.717) is 5.56 Å². The summed E-state index contributed by atoms with van der Waals surface area (Å²) >= 11 is 0. The number of carbonyl (C=O) groups excluding carboxylic acids is 1. The van der Waals surface area contributed by atoms with Crippen LogP contribution in [0.4, 0.5) is 5.69 Å². The first-order chi connectivity index (χ1) is 6.19. The van der Waals surface area contributed by atoms with E-state index in [-0.39, 0.29) is 5.91 Å². The van der Waals surface area contributed by atoms with Gasteiger partial charge in [-0.3, -0.25) is 10.6 Å². The quantitative estimate of drug-likeness (QED) is 0.461. The first-order valence-corrected chi connectivity index (χ1v) is 3.98. The van der Waals surface area contributed by atoms with Crippen LogP contribution in [0.25, 0.3) is 0 Å². The maximum Gasteiger partial charge on any atom is 0.251 e. The molecule has 4 nitrogen and oxygen atoms in total. The van der Waals surface area contributed by atoms with Crippen molar-refractivity contribution in [3.8, 4) is 0 Å². The van der Waals surface area contributed by atoms with Crippen LogP contribution in [-0.4, -0.2) is 13.0 Å². The van der Waals surface area contributed by atoms with Gasteiger partial charge < -0.3 is 10.7 Å². The number of hydrazine groups is 1. The van der Waals surface area contributed by atoms with Crippen molar-refractivity contribution in [2.45, 2.75) is 6.92 Å². The van der Waals surface area contributed by atoms with Gasteiger partial charge in [-0.15, -0.1) is 0 Å². The molecule has 1 rings (SSSR count). The number of nitrogens with one attached hydrogen (secondary N) is 2. The average Bonchev–Trinajstić information content (AvgIpc) is 2.16. The molecule has 1 aromatic rings. The molecule has 0 unspecified atom stereocenters. The summed E-state index contributed by atoms with van der Waals surface area (Å²) in [6.07, 6.45) is 0. The number of nitrogens with two attached hydrogens (primary N) is 1. The summed E-state index contributed by atoms with van der Waals surface area (Å²) in [6.45, 7) is 1.89. The van der Waals surface area contributed by atoms with Crippen molar-refractivity contribution >= 4 is 11.6 Å². The van der Waals surface area contributed by atoms with Gasteiger partial charge in [-0.2, -0.15) is 0 Å². The molecule has 0 saturated carbocycles. The van der Waals surface area contributed by atoms with Crippen molar-refractivity contribution in [1.29, 1.82) is 0 Å². The maximum absolute atomic E-state index is 11.2. The second-order valence-corrected chi connectivity index (χ2v) is 2.75. The molecule has 0 aromatic heterocycles. The minimum absolute atomic E-state index is 0.0910. The van der Waals surface area contributed by atoms with Crippen LogP contribution in [0, 0.1) is 6.92 Å². The van der Waals surface area contributed by atoms with Crippen LogP contribution in [0.2, 0.25) is 0 Å².